The topological polar surface area (TPSA) is 26.0 Å². The van der Waals surface area contributed by atoms with E-state index in [-0.39, 0.29) is 6.42 Å². The molecule has 3 unspecified atom stereocenters. The van der Waals surface area contributed by atoms with Gasteiger partial charge in [0.25, 0.3) is 0 Å². The molecule has 0 aliphatic heterocycles. The lowest BCUT2D eigenvalue weighted by molar-refractivity contribution is -0.198. The van der Waals surface area contributed by atoms with Crippen molar-refractivity contribution in [2.45, 2.75) is 51.2 Å². The van der Waals surface area contributed by atoms with Crippen LogP contribution in [-0.2, 0) is 6.42 Å². The summed E-state index contributed by atoms with van der Waals surface area (Å²) < 4.78 is 39.4. The minimum absolute atomic E-state index is 0.198. The summed E-state index contributed by atoms with van der Waals surface area (Å²) in [7, 11) is 0. The second-order valence-electron chi connectivity index (χ2n) is 6.06. The zero-order valence-electron chi connectivity index (χ0n) is 12.1. The van der Waals surface area contributed by atoms with Crippen molar-refractivity contribution >= 4 is 11.6 Å². The molecule has 1 fully saturated rings. The molecule has 0 aromatic heterocycles. The summed E-state index contributed by atoms with van der Waals surface area (Å²) in [6.45, 7) is 1.93. The normalized spacial score (nSPS) is 24.9. The molecule has 1 aliphatic rings. The van der Waals surface area contributed by atoms with Gasteiger partial charge in [0.15, 0.2) is 0 Å². The number of hydrogen-bond donors (Lipinski definition) is 1. The fraction of sp³-hybridized carbons (Fsp3) is 0.625. The van der Waals surface area contributed by atoms with E-state index in [1.165, 1.54) is 0 Å². The summed E-state index contributed by atoms with van der Waals surface area (Å²) in [4.78, 5) is 0. The first-order valence-corrected chi connectivity index (χ1v) is 7.74. The van der Waals surface area contributed by atoms with Crippen LogP contribution in [-0.4, -0.2) is 12.2 Å². The summed E-state index contributed by atoms with van der Waals surface area (Å²) in [5.74, 6) is -1.78. The van der Waals surface area contributed by atoms with Crippen LogP contribution in [0.3, 0.4) is 0 Å². The SMILES string of the molecule is Cc1ccc(CC(N)C2CCCCC2C(F)(F)F)c(Cl)c1. The monoisotopic (exact) mass is 319 g/mol. The molecule has 1 saturated carbocycles. The zero-order chi connectivity index (χ0) is 15.6. The average Bonchev–Trinajstić information content (AvgIpc) is 2.41. The lowest BCUT2D eigenvalue weighted by Crippen LogP contribution is -2.44. The molecule has 2 N–H and O–H groups in total. The molecule has 0 heterocycles. The van der Waals surface area contributed by atoms with Gasteiger partial charge in [-0.1, -0.05) is 36.6 Å². The van der Waals surface area contributed by atoms with Gasteiger partial charge in [-0.05, 0) is 49.3 Å². The van der Waals surface area contributed by atoms with E-state index in [1.807, 2.05) is 25.1 Å². The number of hydrogen-bond acceptors (Lipinski definition) is 1. The highest BCUT2D eigenvalue weighted by Crippen LogP contribution is 2.43. The fourth-order valence-electron chi connectivity index (χ4n) is 3.30. The lowest BCUT2D eigenvalue weighted by atomic mass is 9.73. The van der Waals surface area contributed by atoms with E-state index in [2.05, 4.69) is 0 Å². The fourth-order valence-corrected chi connectivity index (χ4v) is 3.61. The van der Waals surface area contributed by atoms with Crippen molar-refractivity contribution in [3.8, 4) is 0 Å². The van der Waals surface area contributed by atoms with Gasteiger partial charge in [0.1, 0.15) is 0 Å². The molecule has 0 bridgehead atoms. The van der Waals surface area contributed by atoms with Crippen LogP contribution in [0.25, 0.3) is 0 Å². The van der Waals surface area contributed by atoms with Gasteiger partial charge in [0.05, 0.1) is 5.92 Å². The Labute approximate surface area is 128 Å². The third-order valence-electron chi connectivity index (χ3n) is 4.45. The van der Waals surface area contributed by atoms with Crippen LogP contribution in [0.15, 0.2) is 18.2 Å². The van der Waals surface area contributed by atoms with E-state index in [1.54, 1.807) is 0 Å². The van der Waals surface area contributed by atoms with Crippen LogP contribution >= 0.6 is 11.6 Å². The maximum Gasteiger partial charge on any atom is 0.392 e. The highest BCUT2D eigenvalue weighted by atomic mass is 35.5. The van der Waals surface area contributed by atoms with Gasteiger partial charge >= 0.3 is 6.18 Å². The van der Waals surface area contributed by atoms with Crippen molar-refractivity contribution in [3.05, 3.63) is 34.3 Å². The van der Waals surface area contributed by atoms with Crippen molar-refractivity contribution in [1.82, 2.24) is 0 Å². The second kappa shape index (κ2) is 6.57. The highest BCUT2D eigenvalue weighted by Gasteiger charge is 2.47. The molecule has 0 spiro atoms. The van der Waals surface area contributed by atoms with Crippen molar-refractivity contribution in [2.24, 2.45) is 17.6 Å². The van der Waals surface area contributed by atoms with Crippen molar-refractivity contribution < 1.29 is 13.2 Å². The molecule has 5 heteroatoms. The van der Waals surface area contributed by atoms with Crippen LogP contribution < -0.4 is 5.73 Å². The van der Waals surface area contributed by atoms with Crippen LogP contribution in [0, 0.1) is 18.8 Å². The minimum Gasteiger partial charge on any atom is -0.327 e. The predicted molar refractivity (Wildman–Crippen MR) is 79.4 cm³/mol. The van der Waals surface area contributed by atoms with Crippen molar-refractivity contribution in [1.29, 1.82) is 0 Å². The summed E-state index contributed by atoms with van der Waals surface area (Å²) >= 11 is 6.16. The number of alkyl halides is 3. The molecule has 2 rings (SSSR count). The number of halogens is 4. The molecule has 118 valence electrons. The minimum atomic E-state index is -4.15. The van der Waals surface area contributed by atoms with E-state index in [9.17, 15) is 13.2 Å². The van der Waals surface area contributed by atoms with E-state index in [0.29, 0.717) is 24.3 Å². The number of aryl methyl sites for hydroxylation is 1. The second-order valence-corrected chi connectivity index (χ2v) is 6.47. The third-order valence-corrected chi connectivity index (χ3v) is 4.81. The molecular formula is C16H21ClF3N. The quantitative estimate of drug-likeness (QED) is 0.843. The largest absolute Gasteiger partial charge is 0.392 e. The smallest absolute Gasteiger partial charge is 0.327 e. The molecule has 1 aromatic carbocycles. The van der Waals surface area contributed by atoms with Crippen LogP contribution in [0.1, 0.15) is 36.8 Å². The van der Waals surface area contributed by atoms with Crippen LogP contribution in [0.2, 0.25) is 5.02 Å². The van der Waals surface area contributed by atoms with Crippen LogP contribution in [0.5, 0.6) is 0 Å². The number of rotatable bonds is 3. The van der Waals surface area contributed by atoms with Gasteiger partial charge in [-0.2, -0.15) is 13.2 Å². The Bertz CT molecular complexity index is 487. The zero-order valence-corrected chi connectivity index (χ0v) is 12.8. The maximum atomic E-state index is 13.1. The summed E-state index contributed by atoms with van der Waals surface area (Å²) in [5, 5.41) is 0.588. The Hall–Kier alpha value is -0.740. The Morgan fingerprint density at radius 3 is 2.57 bits per heavy atom. The first-order chi connectivity index (χ1) is 9.79. The van der Waals surface area contributed by atoms with E-state index >= 15 is 0 Å². The predicted octanol–water partition coefficient (Wildman–Crippen LogP) is 4.89. The van der Waals surface area contributed by atoms with Gasteiger partial charge in [-0.15, -0.1) is 0 Å². The van der Waals surface area contributed by atoms with Gasteiger partial charge in [-0.25, -0.2) is 0 Å². The molecule has 21 heavy (non-hydrogen) atoms. The van der Waals surface area contributed by atoms with E-state index in [4.69, 9.17) is 17.3 Å². The summed E-state index contributed by atoms with van der Waals surface area (Å²) in [6, 6.07) is 5.10. The number of nitrogens with two attached hydrogens (primary N) is 1. The molecule has 3 atom stereocenters. The lowest BCUT2D eigenvalue weighted by Gasteiger charge is -2.36. The van der Waals surface area contributed by atoms with E-state index in [0.717, 1.165) is 17.5 Å². The van der Waals surface area contributed by atoms with Gasteiger partial charge in [-0.3, -0.25) is 0 Å². The van der Waals surface area contributed by atoms with Gasteiger partial charge in [0.2, 0.25) is 0 Å². The molecule has 1 aliphatic carbocycles. The molecule has 0 amide bonds. The highest BCUT2D eigenvalue weighted by molar-refractivity contribution is 6.31. The van der Waals surface area contributed by atoms with Crippen molar-refractivity contribution in [2.75, 3.05) is 0 Å². The molecule has 0 saturated heterocycles. The Balaban J connectivity index is 2.12. The Morgan fingerprint density at radius 2 is 1.95 bits per heavy atom. The molecule has 1 nitrogen and oxygen atoms in total. The standard InChI is InChI=1S/C16H21ClF3N/c1-10-6-7-11(14(17)8-10)9-15(21)12-4-2-3-5-13(12)16(18,19)20/h6-8,12-13,15H,2-5,9,21H2,1H3. The first-order valence-electron chi connectivity index (χ1n) is 7.36. The molecular weight excluding hydrogens is 299 g/mol. The number of benzene rings is 1. The Morgan fingerprint density at radius 1 is 1.29 bits per heavy atom. The average molecular weight is 320 g/mol. The first kappa shape index (κ1) is 16.6. The molecule has 1 aromatic rings. The van der Waals surface area contributed by atoms with Gasteiger partial charge < -0.3 is 5.73 Å². The van der Waals surface area contributed by atoms with Crippen LogP contribution in [0.4, 0.5) is 13.2 Å². The summed E-state index contributed by atoms with van der Waals surface area (Å²) in [5.41, 5.74) is 7.98. The molecule has 0 radical (unpaired) electrons. The maximum absolute atomic E-state index is 13.1. The van der Waals surface area contributed by atoms with Gasteiger partial charge in [0, 0.05) is 11.1 Å². The Kier molecular flexibility index (Phi) is 5.20. The summed E-state index contributed by atoms with van der Waals surface area (Å²) in [6.07, 6.45) is -1.54. The van der Waals surface area contributed by atoms with E-state index < -0.39 is 24.1 Å². The van der Waals surface area contributed by atoms with Crippen molar-refractivity contribution in [3.63, 3.8) is 0 Å². The third kappa shape index (κ3) is 4.13.